The fraction of sp³-hybridized carbons (Fsp3) is 0.429. The third-order valence-corrected chi connectivity index (χ3v) is 4.91. The molecular formula is C21H30ClIN6. The Morgan fingerprint density at radius 2 is 2.07 bits per heavy atom. The summed E-state index contributed by atoms with van der Waals surface area (Å²) in [6, 6.07) is 14.3. The van der Waals surface area contributed by atoms with E-state index < -0.39 is 0 Å². The van der Waals surface area contributed by atoms with E-state index in [4.69, 9.17) is 16.6 Å². The van der Waals surface area contributed by atoms with E-state index in [2.05, 4.69) is 44.9 Å². The summed E-state index contributed by atoms with van der Waals surface area (Å²) < 4.78 is 0. The summed E-state index contributed by atoms with van der Waals surface area (Å²) >= 11 is 6.28. The molecule has 1 aromatic carbocycles. The highest BCUT2D eigenvalue weighted by atomic mass is 127. The number of nitrogens with one attached hydrogen (secondary N) is 3. The van der Waals surface area contributed by atoms with Gasteiger partial charge in [0.25, 0.3) is 0 Å². The van der Waals surface area contributed by atoms with Gasteiger partial charge in [0.2, 0.25) is 0 Å². The minimum absolute atomic E-state index is 0. The van der Waals surface area contributed by atoms with Crippen molar-refractivity contribution in [2.75, 3.05) is 42.9 Å². The van der Waals surface area contributed by atoms with Crippen molar-refractivity contribution in [3.63, 3.8) is 0 Å². The van der Waals surface area contributed by atoms with E-state index in [0.29, 0.717) is 11.1 Å². The maximum absolute atomic E-state index is 6.28. The predicted molar refractivity (Wildman–Crippen MR) is 134 cm³/mol. The molecule has 3 N–H and O–H groups in total. The van der Waals surface area contributed by atoms with Crippen LogP contribution in [-0.2, 0) is 0 Å². The smallest absolute Gasteiger partial charge is 0.191 e. The van der Waals surface area contributed by atoms with Gasteiger partial charge < -0.3 is 20.9 Å². The second-order valence-corrected chi connectivity index (χ2v) is 7.20. The SMILES string of the molecule is CCNC(=NCCCNc1ccccc1)NC1CCN(c2ncccc2Cl)C1.I. The Morgan fingerprint density at radius 3 is 2.83 bits per heavy atom. The minimum Gasteiger partial charge on any atom is -0.385 e. The molecule has 1 fully saturated rings. The molecule has 0 saturated carbocycles. The van der Waals surface area contributed by atoms with Crippen LogP contribution < -0.4 is 20.9 Å². The summed E-state index contributed by atoms with van der Waals surface area (Å²) in [5.41, 5.74) is 1.15. The Kier molecular flexibility index (Phi) is 10.3. The lowest BCUT2D eigenvalue weighted by molar-refractivity contribution is 0.648. The van der Waals surface area contributed by atoms with Gasteiger partial charge in [0.1, 0.15) is 5.82 Å². The summed E-state index contributed by atoms with van der Waals surface area (Å²) in [7, 11) is 0. The quantitative estimate of drug-likeness (QED) is 0.209. The van der Waals surface area contributed by atoms with Crippen molar-refractivity contribution >= 4 is 53.0 Å². The Bertz CT molecular complexity index is 758. The highest BCUT2D eigenvalue weighted by Gasteiger charge is 2.25. The van der Waals surface area contributed by atoms with E-state index in [0.717, 1.165) is 63.0 Å². The molecule has 29 heavy (non-hydrogen) atoms. The van der Waals surface area contributed by atoms with Crippen molar-refractivity contribution in [1.29, 1.82) is 0 Å². The Balaban J connectivity index is 0.00000300. The molecule has 2 heterocycles. The molecule has 1 aliphatic heterocycles. The van der Waals surface area contributed by atoms with Gasteiger partial charge in [0, 0.05) is 50.6 Å². The number of pyridine rings is 1. The number of guanidine groups is 1. The van der Waals surface area contributed by atoms with Gasteiger partial charge in [-0.2, -0.15) is 0 Å². The van der Waals surface area contributed by atoms with Crippen molar-refractivity contribution in [2.45, 2.75) is 25.8 Å². The summed E-state index contributed by atoms with van der Waals surface area (Å²) in [5, 5.41) is 11.0. The number of anilines is 2. The molecule has 2 aromatic rings. The summed E-state index contributed by atoms with van der Waals surface area (Å²) in [6.07, 6.45) is 3.80. The van der Waals surface area contributed by atoms with Crippen LogP contribution in [-0.4, -0.2) is 49.7 Å². The van der Waals surface area contributed by atoms with Gasteiger partial charge >= 0.3 is 0 Å². The third-order valence-electron chi connectivity index (χ3n) is 4.62. The van der Waals surface area contributed by atoms with Gasteiger partial charge in [-0.15, -0.1) is 24.0 Å². The number of hydrogen-bond acceptors (Lipinski definition) is 4. The third kappa shape index (κ3) is 7.54. The maximum atomic E-state index is 6.28. The average molecular weight is 529 g/mol. The van der Waals surface area contributed by atoms with Gasteiger partial charge in [-0.05, 0) is 44.0 Å². The van der Waals surface area contributed by atoms with E-state index in [9.17, 15) is 0 Å². The lowest BCUT2D eigenvalue weighted by Crippen LogP contribution is -2.44. The number of para-hydroxylation sites is 1. The van der Waals surface area contributed by atoms with Gasteiger partial charge in [-0.25, -0.2) is 4.98 Å². The zero-order valence-electron chi connectivity index (χ0n) is 16.8. The lowest BCUT2D eigenvalue weighted by atomic mass is 10.3. The monoisotopic (exact) mass is 528 g/mol. The first-order valence-corrected chi connectivity index (χ1v) is 10.3. The first-order valence-electron chi connectivity index (χ1n) is 9.95. The van der Waals surface area contributed by atoms with Crippen LogP contribution in [0.3, 0.4) is 0 Å². The maximum Gasteiger partial charge on any atom is 0.191 e. The van der Waals surface area contributed by atoms with Crippen LogP contribution in [0.4, 0.5) is 11.5 Å². The van der Waals surface area contributed by atoms with Crippen LogP contribution in [0.5, 0.6) is 0 Å². The molecule has 1 unspecified atom stereocenters. The number of hydrogen-bond donors (Lipinski definition) is 3. The number of aromatic nitrogens is 1. The summed E-state index contributed by atoms with van der Waals surface area (Å²) in [5.74, 6) is 1.74. The molecule has 0 radical (unpaired) electrons. The van der Waals surface area contributed by atoms with Crippen LogP contribution in [0.1, 0.15) is 19.8 Å². The van der Waals surface area contributed by atoms with Crippen LogP contribution in [0.2, 0.25) is 5.02 Å². The molecule has 3 rings (SSSR count). The highest BCUT2D eigenvalue weighted by molar-refractivity contribution is 14.0. The molecular weight excluding hydrogens is 499 g/mol. The first kappa shape index (κ1) is 23.5. The molecule has 1 aromatic heterocycles. The number of halogens is 2. The lowest BCUT2D eigenvalue weighted by Gasteiger charge is -2.20. The standard InChI is InChI=1S/C21H29ClN6.HI/c1-2-23-21(26-14-7-13-24-17-8-4-3-5-9-17)27-18-11-15-28(16-18)20-19(22)10-6-12-25-20;/h3-6,8-10,12,18,24H,2,7,11,13-16H2,1H3,(H2,23,26,27);1H. The molecule has 0 amide bonds. The Labute approximate surface area is 195 Å². The average Bonchev–Trinajstić information content (AvgIpc) is 3.17. The van der Waals surface area contributed by atoms with Crippen LogP contribution in [0, 0.1) is 0 Å². The number of aliphatic imine (C=N–C) groups is 1. The van der Waals surface area contributed by atoms with Gasteiger partial charge in [0.05, 0.1) is 5.02 Å². The fourth-order valence-corrected chi connectivity index (χ4v) is 3.49. The summed E-state index contributed by atoms with van der Waals surface area (Å²) in [4.78, 5) is 11.4. The topological polar surface area (TPSA) is 64.6 Å². The van der Waals surface area contributed by atoms with Gasteiger partial charge in [-0.3, -0.25) is 4.99 Å². The zero-order chi connectivity index (χ0) is 19.6. The van der Waals surface area contributed by atoms with Crippen molar-refractivity contribution < 1.29 is 0 Å². The van der Waals surface area contributed by atoms with Gasteiger partial charge in [0.15, 0.2) is 5.96 Å². The molecule has 1 saturated heterocycles. The second kappa shape index (κ2) is 12.7. The van der Waals surface area contributed by atoms with Crippen molar-refractivity contribution in [3.05, 3.63) is 53.7 Å². The normalized spacial score (nSPS) is 16.3. The van der Waals surface area contributed by atoms with E-state index >= 15 is 0 Å². The zero-order valence-corrected chi connectivity index (χ0v) is 19.9. The van der Waals surface area contributed by atoms with Crippen LogP contribution in [0.15, 0.2) is 53.7 Å². The molecule has 6 nitrogen and oxygen atoms in total. The van der Waals surface area contributed by atoms with E-state index in [-0.39, 0.29) is 24.0 Å². The Morgan fingerprint density at radius 1 is 1.24 bits per heavy atom. The van der Waals surface area contributed by atoms with E-state index in [1.54, 1.807) is 6.20 Å². The molecule has 1 atom stereocenters. The molecule has 0 bridgehead atoms. The fourth-order valence-electron chi connectivity index (χ4n) is 3.25. The molecule has 0 aliphatic carbocycles. The molecule has 1 aliphatic rings. The first-order chi connectivity index (χ1) is 13.8. The largest absolute Gasteiger partial charge is 0.385 e. The Hall–Kier alpha value is -1.74. The van der Waals surface area contributed by atoms with E-state index in [1.165, 1.54) is 0 Å². The molecule has 8 heteroatoms. The van der Waals surface area contributed by atoms with Crippen molar-refractivity contribution in [1.82, 2.24) is 15.6 Å². The number of benzene rings is 1. The van der Waals surface area contributed by atoms with Crippen LogP contribution in [0.25, 0.3) is 0 Å². The van der Waals surface area contributed by atoms with Crippen molar-refractivity contribution in [3.8, 4) is 0 Å². The van der Waals surface area contributed by atoms with E-state index in [1.807, 2.05) is 30.3 Å². The van der Waals surface area contributed by atoms with Crippen LogP contribution >= 0.6 is 35.6 Å². The minimum atomic E-state index is 0. The number of nitrogens with zero attached hydrogens (tertiary/aromatic N) is 3. The van der Waals surface area contributed by atoms with Gasteiger partial charge in [-0.1, -0.05) is 29.8 Å². The van der Waals surface area contributed by atoms with Crippen molar-refractivity contribution in [2.24, 2.45) is 4.99 Å². The molecule has 158 valence electrons. The highest BCUT2D eigenvalue weighted by Crippen LogP contribution is 2.25. The second-order valence-electron chi connectivity index (χ2n) is 6.79. The number of rotatable bonds is 8. The predicted octanol–water partition coefficient (Wildman–Crippen LogP) is 3.99. The molecule has 0 spiro atoms. The summed E-state index contributed by atoms with van der Waals surface area (Å²) in [6.45, 7) is 6.42.